The summed E-state index contributed by atoms with van der Waals surface area (Å²) in [4.78, 5) is 5.39. The molecule has 0 amide bonds. The van der Waals surface area contributed by atoms with Gasteiger partial charge in [0.05, 0.1) is 12.2 Å². The molecule has 0 aliphatic carbocycles. The Labute approximate surface area is 121 Å². The first-order valence-electron chi connectivity index (χ1n) is 7.21. The number of hydrogen-bond acceptors (Lipinski definition) is 4. The molecular formula is C15H26N2OS. The minimum Gasteiger partial charge on any atom is -0.373 e. The average molecular weight is 282 g/mol. The van der Waals surface area contributed by atoms with Crippen LogP contribution in [0.25, 0.3) is 0 Å². The number of ether oxygens (including phenoxy) is 1. The molecule has 1 saturated heterocycles. The van der Waals surface area contributed by atoms with E-state index in [4.69, 9.17) is 4.74 Å². The molecule has 4 heteroatoms. The van der Waals surface area contributed by atoms with E-state index in [0.717, 1.165) is 26.2 Å². The zero-order valence-corrected chi connectivity index (χ0v) is 13.3. The summed E-state index contributed by atoms with van der Waals surface area (Å²) in [5.74, 6) is 0. The SMILES string of the molecule is CC(C)NCc1ccc(CN2CC(C)OC(C)C2)s1. The van der Waals surface area contributed by atoms with Crippen LogP contribution in [-0.2, 0) is 17.8 Å². The molecule has 0 saturated carbocycles. The van der Waals surface area contributed by atoms with Crippen LogP contribution in [0.4, 0.5) is 0 Å². The second-order valence-corrected chi connectivity index (χ2v) is 7.11. The quantitative estimate of drug-likeness (QED) is 0.899. The van der Waals surface area contributed by atoms with Crippen LogP contribution < -0.4 is 5.32 Å². The smallest absolute Gasteiger partial charge is 0.0678 e. The molecule has 1 aliphatic heterocycles. The van der Waals surface area contributed by atoms with Crippen LogP contribution in [0.3, 0.4) is 0 Å². The molecule has 1 aliphatic rings. The van der Waals surface area contributed by atoms with Crippen LogP contribution >= 0.6 is 11.3 Å². The molecule has 0 radical (unpaired) electrons. The van der Waals surface area contributed by atoms with Crippen molar-refractivity contribution in [2.75, 3.05) is 13.1 Å². The zero-order chi connectivity index (χ0) is 13.8. The molecule has 0 bridgehead atoms. The molecule has 0 spiro atoms. The van der Waals surface area contributed by atoms with Gasteiger partial charge in [-0.1, -0.05) is 13.8 Å². The van der Waals surface area contributed by atoms with Gasteiger partial charge in [-0.25, -0.2) is 0 Å². The van der Waals surface area contributed by atoms with Gasteiger partial charge in [0, 0.05) is 42.0 Å². The number of morpholine rings is 1. The van der Waals surface area contributed by atoms with Gasteiger partial charge in [0.1, 0.15) is 0 Å². The Kier molecular flexibility index (Phi) is 5.39. The summed E-state index contributed by atoms with van der Waals surface area (Å²) in [6.45, 7) is 12.8. The minimum atomic E-state index is 0.353. The number of nitrogens with zero attached hydrogens (tertiary/aromatic N) is 1. The first-order valence-corrected chi connectivity index (χ1v) is 8.03. The molecule has 2 heterocycles. The van der Waals surface area contributed by atoms with Crippen molar-refractivity contribution in [3.8, 4) is 0 Å². The fourth-order valence-corrected chi connectivity index (χ4v) is 3.55. The van der Waals surface area contributed by atoms with Crippen molar-refractivity contribution < 1.29 is 4.74 Å². The molecule has 2 rings (SSSR count). The fraction of sp³-hybridized carbons (Fsp3) is 0.733. The molecule has 3 nitrogen and oxygen atoms in total. The van der Waals surface area contributed by atoms with Crippen LogP contribution in [0.5, 0.6) is 0 Å². The van der Waals surface area contributed by atoms with Crippen molar-refractivity contribution in [1.29, 1.82) is 0 Å². The third kappa shape index (κ3) is 4.88. The van der Waals surface area contributed by atoms with Crippen molar-refractivity contribution in [3.05, 3.63) is 21.9 Å². The Morgan fingerprint density at radius 3 is 2.53 bits per heavy atom. The second kappa shape index (κ2) is 6.84. The van der Waals surface area contributed by atoms with Crippen molar-refractivity contribution in [1.82, 2.24) is 10.2 Å². The summed E-state index contributed by atoms with van der Waals surface area (Å²) in [5, 5.41) is 3.47. The molecule has 2 unspecified atom stereocenters. The van der Waals surface area contributed by atoms with E-state index in [2.05, 4.69) is 50.0 Å². The van der Waals surface area contributed by atoms with Crippen molar-refractivity contribution in [2.24, 2.45) is 0 Å². The highest BCUT2D eigenvalue weighted by Crippen LogP contribution is 2.20. The minimum absolute atomic E-state index is 0.353. The van der Waals surface area contributed by atoms with Gasteiger partial charge < -0.3 is 10.1 Å². The van der Waals surface area contributed by atoms with Gasteiger partial charge in [-0.3, -0.25) is 4.90 Å². The highest BCUT2D eigenvalue weighted by atomic mass is 32.1. The van der Waals surface area contributed by atoms with Crippen molar-refractivity contribution in [3.63, 3.8) is 0 Å². The number of nitrogens with one attached hydrogen (secondary N) is 1. The van der Waals surface area contributed by atoms with Crippen molar-refractivity contribution in [2.45, 2.75) is 59.0 Å². The second-order valence-electron chi connectivity index (χ2n) is 5.86. The van der Waals surface area contributed by atoms with E-state index in [0.29, 0.717) is 18.2 Å². The Hall–Kier alpha value is -0.420. The third-order valence-corrected chi connectivity index (χ3v) is 4.35. The van der Waals surface area contributed by atoms with Gasteiger partial charge >= 0.3 is 0 Å². The molecule has 19 heavy (non-hydrogen) atoms. The Morgan fingerprint density at radius 2 is 1.89 bits per heavy atom. The van der Waals surface area contributed by atoms with Crippen molar-refractivity contribution >= 4 is 11.3 Å². The maximum absolute atomic E-state index is 5.78. The van der Waals surface area contributed by atoms with Crippen LogP contribution in [0, 0.1) is 0 Å². The van der Waals surface area contributed by atoms with Gasteiger partial charge in [-0.2, -0.15) is 0 Å². The fourth-order valence-electron chi connectivity index (χ4n) is 2.54. The molecule has 1 fully saturated rings. The predicted octanol–water partition coefficient (Wildman–Crippen LogP) is 2.86. The third-order valence-electron chi connectivity index (χ3n) is 3.28. The molecule has 1 N–H and O–H groups in total. The molecule has 0 aromatic carbocycles. The first kappa shape index (κ1) is 15.0. The number of hydrogen-bond donors (Lipinski definition) is 1. The molecule has 1 aromatic rings. The Morgan fingerprint density at radius 1 is 1.26 bits per heavy atom. The van der Waals surface area contributed by atoms with Gasteiger partial charge in [-0.15, -0.1) is 11.3 Å². The Balaban J connectivity index is 1.85. The highest BCUT2D eigenvalue weighted by molar-refractivity contribution is 7.11. The summed E-state index contributed by atoms with van der Waals surface area (Å²) in [7, 11) is 0. The van der Waals surface area contributed by atoms with E-state index >= 15 is 0 Å². The molecule has 108 valence electrons. The summed E-state index contributed by atoms with van der Waals surface area (Å²) in [5.41, 5.74) is 0. The van der Waals surface area contributed by atoms with Crippen LogP contribution in [0.15, 0.2) is 12.1 Å². The lowest BCUT2D eigenvalue weighted by Gasteiger charge is -2.34. The van der Waals surface area contributed by atoms with E-state index in [-0.39, 0.29) is 0 Å². The maximum Gasteiger partial charge on any atom is 0.0678 e. The summed E-state index contributed by atoms with van der Waals surface area (Å²) < 4.78 is 5.78. The zero-order valence-electron chi connectivity index (χ0n) is 12.5. The van der Waals surface area contributed by atoms with E-state index in [1.165, 1.54) is 9.75 Å². The number of thiophene rings is 1. The summed E-state index contributed by atoms with van der Waals surface area (Å²) >= 11 is 1.93. The highest BCUT2D eigenvalue weighted by Gasteiger charge is 2.22. The van der Waals surface area contributed by atoms with E-state index in [9.17, 15) is 0 Å². The number of rotatable bonds is 5. The topological polar surface area (TPSA) is 24.5 Å². The lowest BCUT2D eigenvalue weighted by atomic mass is 10.2. The van der Waals surface area contributed by atoms with Gasteiger partial charge in [-0.05, 0) is 26.0 Å². The molecular weight excluding hydrogens is 256 g/mol. The normalized spacial score (nSPS) is 25.1. The van der Waals surface area contributed by atoms with E-state index in [1.54, 1.807) is 0 Å². The first-order chi connectivity index (χ1) is 9.02. The maximum atomic E-state index is 5.78. The van der Waals surface area contributed by atoms with Gasteiger partial charge in [0.25, 0.3) is 0 Å². The van der Waals surface area contributed by atoms with Crippen LogP contribution in [0.1, 0.15) is 37.4 Å². The summed E-state index contributed by atoms with van der Waals surface area (Å²) in [6, 6.07) is 5.07. The lowest BCUT2D eigenvalue weighted by Crippen LogP contribution is -2.44. The standard InChI is InChI=1S/C15H26N2OS/c1-11(2)16-7-14-5-6-15(19-14)10-17-8-12(3)18-13(4)9-17/h5-6,11-13,16H,7-10H2,1-4H3. The Bertz CT molecular complexity index is 381. The summed E-state index contributed by atoms with van der Waals surface area (Å²) in [6.07, 6.45) is 0.705. The predicted molar refractivity (Wildman–Crippen MR) is 81.6 cm³/mol. The van der Waals surface area contributed by atoms with Crippen LogP contribution in [-0.4, -0.2) is 36.2 Å². The van der Waals surface area contributed by atoms with E-state index < -0.39 is 0 Å². The average Bonchev–Trinajstić information content (AvgIpc) is 2.72. The van der Waals surface area contributed by atoms with Gasteiger partial charge in [0.15, 0.2) is 0 Å². The monoisotopic (exact) mass is 282 g/mol. The van der Waals surface area contributed by atoms with Gasteiger partial charge in [0.2, 0.25) is 0 Å². The van der Waals surface area contributed by atoms with Crippen LogP contribution in [0.2, 0.25) is 0 Å². The molecule has 2 atom stereocenters. The van der Waals surface area contributed by atoms with E-state index in [1.807, 2.05) is 11.3 Å². The lowest BCUT2D eigenvalue weighted by molar-refractivity contribution is -0.0702. The molecule has 1 aromatic heterocycles. The largest absolute Gasteiger partial charge is 0.373 e.